The molecule has 5 heteroatoms. The van der Waals surface area contributed by atoms with Gasteiger partial charge in [-0.1, -0.05) is 23.8 Å². The van der Waals surface area contributed by atoms with Gasteiger partial charge in [-0.25, -0.2) is 4.79 Å². The average molecular weight is 347 g/mol. The second-order valence-electron chi connectivity index (χ2n) is 6.27. The first-order valence-electron chi connectivity index (χ1n) is 8.34. The van der Waals surface area contributed by atoms with Crippen LogP contribution >= 0.6 is 0 Å². The number of hydrogen-bond donors (Lipinski definition) is 1. The van der Waals surface area contributed by atoms with Gasteiger partial charge in [0.05, 0.1) is 30.1 Å². The molecule has 132 valence electrons. The van der Waals surface area contributed by atoms with Gasteiger partial charge in [0.2, 0.25) is 0 Å². The lowest BCUT2D eigenvalue weighted by Gasteiger charge is -2.10. The standard InChI is InChI=1S/C21H21N3O2/c1-13-9-14(2)20-18(10-13)19(11-15(3)23-20)24-22-12-16-5-7-17(8-6-16)21(25)26-4/h5-12H,1-4H3,(H,23,24). The summed E-state index contributed by atoms with van der Waals surface area (Å²) in [5.74, 6) is -0.351. The third kappa shape index (κ3) is 3.72. The Morgan fingerprint density at radius 2 is 1.85 bits per heavy atom. The summed E-state index contributed by atoms with van der Waals surface area (Å²) >= 11 is 0. The molecule has 0 saturated carbocycles. The largest absolute Gasteiger partial charge is 0.465 e. The summed E-state index contributed by atoms with van der Waals surface area (Å²) in [4.78, 5) is 16.1. The fourth-order valence-corrected chi connectivity index (χ4v) is 2.90. The zero-order valence-corrected chi connectivity index (χ0v) is 15.3. The average Bonchev–Trinajstić information content (AvgIpc) is 2.62. The van der Waals surface area contributed by atoms with Crippen molar-refractivity contribution in [1.82, 2.24) is 4.98 Å². The van der Waals surface area contributed by atoms with E-state index in [9.17, 15) is 4.79 Å². The van der Waals surface area contributed by atoms with E-state index in [4.69, 9.17) is 4.74 Å². The lowest BCUT2D eigenvalue weighted by atomic mass is 10.1. The number of aryl methyl sites for hydroxylation is 3. The van der Waals surface area contributed by atoms with Gasteiger partial charge in [-0.05, 0) is 56.2 Å². The molecule has 1 N–H and O–H groups in total. The number of benzene rings is 2. The lowest BCUT2D eigenvalue weighted by Crippen LogP contribution is -2.01. The molecule has 0 fully saturated rings. The normalized spacial score (nSPS) is 11.1. The van der Waals surface area contributed by atoms with E-state index in [0.29, 0.717) is 5.56 Å². The van der Waals surface area contributed by atoms with Crippen LogP contribution in [0.15, 0.2) is 47.6 Å². The third-order valence-corrected chi connectivity index (χ3v) is 4.11. The Hall–Kier alpha value is -3.21. The summed E-state index contributed by atoms with van der Waals surface area (Å²) in [6.07, 6.45) is 1.71. The van der Waals surface area contributed by atoms with Crippen molar-refractivity contribution < 1.29 is 9.53 Å². The topological polar surface area (TPSA) is 63.6 Å². The SMILES string of the molecule is COC(=O)c1ccc(C=NNc2cc(C)nc3c(C)cc(C)cc23)cc1. The highest BCUT2D eigenvalue weighted by molar-refractivity contribution is 5.94. The van der Waals surface area contributed by atoms with Crippen molar-refractivity contribution in [2.75, 3.05) is 12.5 Å². The molecular weight excluding hydrogens is 326 g/mol. The quantitative estimate of drug-likeness (QED) is 0.432. The number of methoxy groups -OCH3 is 1. The number of esters is 1. The molecule has 0 bridgehead atoms. The Morgan fingerprint density at radius 1 is 1.12 bits per heavy atom. The fourth-order valence-electron chi connectivity index (χ4n) is 2.90. The van der Waals surface area contributed by atoms with Gasteiger partial charge in [0.25, 0.3) is 0 Å². The molecule has 5 nitrogen and oxygen atoms in total. The molecule has 3 rings (SSSR count). The van der Waals surface area contributed by atoms with Crippen molar-refractivity contribution in [3.63, 3.8) is 0 Å². The van der Waals surface area contributed by atoms with Crippen LogP contribution in [0.25, 0.3) is 10.9 Å². The zero-order chi connectivity index (χ0) is 18.7. The summed E-state index contributed by atoms with van der Waals surface area (Å²) in [7, 11) is 1.37. The number of ether oxygens (including phenoxy) is 1. The first-order valence-corrected chi connectivity index (χ1v) is 8.34. The van der Waals surface area contributed by atoms with Gasteiger partial charge in [-0.3, -0.25) is 10.4 Å². The Bertz CT molecular complexity index is 992. The molecule has 3 aromatic rings. The molecule has 2 aromatic carbocycles. The molecule has 0 aliphatic heterocycles. The molecular formula is C21H21N3O2. The second kappa shape index (κ2) is 7.35. The van der Waals surface area contributed by atoms with Gasteiger partial charge < -0.3 is 4.74 Å². The number of carbonyl (C=O) groups is 1. The molecule has 1 heterocycles. The number of aromatic nitrogens is 1. The molecule has 1 aromatic heterocycles. The number of nitrogens with one attached hydrogen (secondary N) is 1. The first-order chi connectivity index (χ1) is 12.5. The minimum absolute atomic E-state index is 0.351. The van der Waals surface area contributed by atoms with E-state index in [-0.39, 0.29) is 5.97 Å². The number of carbonyl (C=O) groups excluding carboxylic acids is 1. The molecule has 0 atom stereocenters. The summed E-state index contributed by atoms with van der Waals surface area (Å²) in [5, 5.41) is 5.39. The molecule has 0 unspecified atom stereocenters. The maximum atomic E-state index is 11.5. The number of pyridine rings is 1. The van der Waals surface area contributed by atoms with Gasteiger partial charge in [0.1, 0.15) is 0 Å². The molecule has 0 aliphatic rings. The summed E-state index contributed by atoms with van der Waals surface area (Å²) in [6, 6.07) is 13.3. The smallest absolute Gasteiger partial charge is 0.337 e. The fraction of sp³-hybridized carbons (Fsp3) is 0.190. The van der Waals surface area contributed by atoms with Crippen LogP contribution in [0.2, 0.25) is 0 Å². The molecule has 0 radical (unpaired) electrons. The van der Waals surface area contributed by atoms with E-state index < -0.39 is 0 Å². The molecule has 26 heavy (non-hydrogen) atoms. The van der Waals surface area contributed by atoms with Crippen LogP contribution in [0.3, 0.4) is 0 Å². The lowest BCUT2D eigenvalue weighted by molar-refractivity contribution is 0.0600. The third-order valence-electron chi connectivity index (χ3n) is 4.11. The van der Waals surface area contributed by atoms with Crippen LogP contribution in [0, 0.1) is 20.8 Å². The number of hydrogen-bond acceptors (Lipinski definition) is 5. The van der Waals surface area contributed by atoms with Crippen LogP contribution in [0.4, 0.5) is 5.69 Å². The van der Waals surface area contributed by atoms with E-state index in [1.165, 1.54) is 12.7 Å². The number of nitrogens with zero attached hydrogens (tertiary/aromatic N) is 2. The highest BCUT2D eigenvalue weighted by Gasteiger charge is 2.07. The van der Waals surface area contributed by atoms with E-state index in [1.54, 1.807) is 18.3 Å². The minimum atomic E-state index is -0.351. The van der Waals surface area contributed by atoms with Gasteiger partial charge in [0, 0.05) is 11.1 Å². The number of anilines is 1. The van der Waals surface area contributed by atoms with Crippen molar-refractivity contribution in [2.24, 2.45) is 5.10 Å². The maximum Gasteiger partial charge on any atom is 0.337 e. The Balaban J connectivity index is 1.85. The van der Waals surface area contributed by atoms with Crippen LogP contribution < -0.4 is 5.43 Å². The van der Waals surface area contributed by atoms with Crippen LogP contribution in [0.5, 0.6) is 0 Å². The van der Waals surface area contributed by atoms with Crippen molar-refractivity contribution in [3.8, 4) is 0 Å². The summed E-state index contributed by atoms with van der Waals surface area (Å²) < 4.78 is 4.70. The molecule has 0 spiro atoms. The first kappa shape index (κ1) is 17.6. The predicted molar refractivity (Wildman–Crippen MR) is 105 cm³/mol. The molecule has 0 amide bonds. The van der Waals surface area contributed by atoms with Crippen LogP contribution in [0.1, 0.15) is 32.7 Å². The van der Waals surface area contributed by atoms with Crippen molar-refractivity contribution in [2.45, 2.75) is 20.8 Å². The van der Waals surface area contributed by atoms with Gasteiger partial charge >= 0.3 is 5.97 Å². The monoisotopic (exact) mass is 347 g/mol. The summed E-state index contributed by atoms with van der Waals surface area (Å²) in [6.45, 7) is 6.11. The van der Waals surface area contributed by atoms with E-state index >= 15 is 0 Å². The Morgan fingerprint density at radius 3 is 2.54 bits per heavy atom. The maximum absolute atomic E-state index is 11.5. The van der Waals surface area contributed by atoms with E-state index in [0.717, 1.165) is 33.4 Å². The summed E-state index contributed by atoms with van der Waals surface area (Å²) in [5.41, 5.74) is 9.68. The van der Waals surface area contributed by atoms with Gasteiger partial charge in [-0.15, -0.1) is 0 Å². The second-order valence-corrected chi connectivity index (χ2v) is 6.27. The van der Waals surface area contributed by atoms with E-state index in [1.807, 2.05) is 25.1 Å². The van der Waals surface area contributed by atoms with Crippen LogP contribution in [-0.4, -0.2) is 24.3 Å². The number of rotatable bonds is 4. The highest BCUT2D eigenvalue weighted by atomic mass is 16.5. The Labute approximate surface area is 152 Å². The van der Waals surface area contributed by atoms with Crippen molar-refractivity contribution in [1.29, 1.82) is 0 Å². The van der Waals surface area contributed by atoms with E-state index in [2.05, 4.69) is 41.5 Å². The number of fused-ring (bicyclic) bond motifs is 1. The van der Waals surface area contributed by atoms with Crippen molar-refractivity contribution in [3.05, 3.63) is 70.4 Å². The van der Waals surface area contributed by atoms with Gasteiger partial charge in [-0.2, -0.15) is 5.10 Å². The van der Waals surface area contributed by atoms with Gasteiger partial charge in [0.15, 0.2) is 0 Å². The number of hydrazone groups is 1. The Kier molecular flexibility index (Phi) is 4.98. The highest BCUT2D eigenvalue weighted by Crippen LogP contribution is 2.27. The zero-order valence-electron chi connectivity index (χ0n) is 15.3. The predicted octanol–water partition coefficient (Wildman–Crippen LogP) is 4.39. The molecule has 0 aliphatic carbocycles. The van der Waals surface area contributed by atoms with Crippen LogP contribution in [-0.2, 0) is 4.74 Å². The molecule has 0 saturated heterocycles. The minimum Gasteiger partial charge on any atom is -0.465 e. The van der Waals surface area contributed by atoms with Crippen molar-refractivity contribution >= 4 is 28.8 Å².